The number of aryl methyl sites for hydroxylation is 1. The highest BCUT2D eigenvalue weighted by molar-refractivity contribution is 5.92. The Morgan fingerprint density at radius 3 is 2.85 bits per heavy atom. The van der Waals surface area contributed by atoms with E-state index in [2.05, 4.69) is 15.0 Å². The van der Waals surface area contributed by atoms with Gasteiger partial charge in [0.2, 0.25) is 0 Å². The van der Waals surface area contributed by atoms with Crippen LogP contribution in [0.15, 0.2) is 43.1 Å². The first kappa shape index (κ1) is 18.2. The Morgan fingerprint density at radius 1 is 1.41 bits per heavy atom. The molecule has 3 heterocycles. The number of carbonyl (C=O) groups is 2. The lowest BCUT2D eigenvalue weighted by Crippen LogP contribution is -2.39. The first-order chi connectivity index (χ1) is 13.0. The fraction of sp³-hybridized carbons (Fsp3) is 0.222. The molecule has 27 heavy (non-hydrogen) atoms. The monoisotopic (exact) mass is 369 g/mol. The lowest BCUT2D eigenvalue weighted by Gasteiger charge is -2.32. The van der Waals surface area contributed by atoms with Crippen LogP contribution < -0.4 is 0 Å². The Kier molecular flexibility index (Phi) is 5.20. The van der Waals surface area contributed by atoms with Crippen LogP contribution in [0.3, 0.4) is 0 Å². The smallest absolute Gasteiger partial charge is 0.290 e. The Hall–Kier alpha value is -3.62. The molecule has 1 aliphatic rings. The van der Waals surface area contributed by atoms with Crippen LogP contribution in [0.2, 0.25) is 0 Å². The second-order valence-electron chi connectivity index (χ2n) is 6.09. The third kappa shape index (κ3) is 3.66. The number of H-pyrrole nitrogens is 1. The van der Waals surface area contributed by atoms with Crippen molar-refractivity contribution < 1.29 is 19.8 Å². The maximum atomic E-state index is 12.8. The van der Waals surface area contributed by atoms with Crippen molar-refractivity contribution in [2.24, 2.45) is 7.05 Å². The second kappa shape index (κ2) is 7.73. The van der Waals surface area contributed by atoms with Gasteiger partial charge in [0.15, 0.2) is 0 Å². The van der Waals surface area contributed by atoms with E-state index in [0.29, 0.717) is 18.8 Å². The Bertz CT molecular complexity index is 949. The minimum Gasteiger partial charge on any atom is -0.508 e. The fourth-order valence-corrected chi connectivity index (χ4v) is 3.21. The number of phenols is 1. The van der Waals surface area contributed by atoms with Crippen molar-refractivity contribution in [2.75, 3.05) is 6.54 Å². The summed E-state index contributed by atoms with van der Waals surface area (Å²) >= 11 is 0. The molecule has 3 N–H and O–H groups in total. The van der Waals surface area contributed by atoms with Gasteiger partial charge < -0.3 is 24.7 Å². The Balaban J connectivity index is 0.000000659. The SMILES string of the molecule is Cn1cncc1C(=O)N1Cc2[nH]cnc2C(c2cccc(O)c2)C1.O=CO. The normalized spacial score (nSPS) is 15.4. The molecular weight excluding hydrogens is 350 g/mol. The molecule has 2 aromatic heterocycles. The van der Waals surface area contributed by atoms with Crippen LogP contribution in [0.1, 0.15) is 33.4 Å². The van der Waals surface area contributed by atoms with E-state index < -0.39 is 0 Å². The summed E-state index contributed by atoms with van der Waals surface area (Å²) in [5.41, 5.74) is 3.33. The molecule has 1 aromatic carbocycles. The minimum atomic E-state index is -0.250. The topological polar surface area (TPSA) is 124 Å². The van der Waals surface area contributed by atoms with E-state index in [1.54, 1.807) is 53.6 Å². The summed E-state index contributed by atoms with van der Waals surface area (Å²) in [6.45, 7) is 0.736. The molecule has 0 spiro atoms. The van der Waals surface area contributed by atoms with Gasteiger partial charge in [0.05, 0.1) is 36.8 Å². The van der Waals surface area contributed by atoms with Crippen LogP contribution in [0, 0.1) is 0 Å². The number of aromatic nitrogens is 4. The highest BCUT2D eigenvalue weighted by Gasteiger charge is 2.32. The van der Waals surface area contributed by atoms with Crippen molar-refractivity contribution >= 4 is 12.4 Å². The molecule has 9 nitrogen and oxygen atoms in total. The van der Waals surface area contributed by atoms with Gasteiger partial charge in [0, 0.05) is 19.5 Å². The molecule has 3 aromatic rings. The predicted molar refractivity (Wildman–Crippen MR) is 95.2 cm³/mol. The van der Waals surface area contributed by atoms with E-state index >= 15 is 0 Å². The van der Waals surface area contributed by atoms with Gasteiger partial charge in [0.25, 0.3) is 12.4 Å². The third-order valence-corrected chi connectivity index (χ3v) is 4.43. The van der Waals surface area contributed by atoms with Crippen LogP contribution in [-0.4, -0.2) is 53.6 Å². The number of hydrogen-bond acceptors (Lipinski definition) is 5. The van der Waals surface area contributed by atoms with Crippen LogP contribution in [0.4, 0.5) is 0 Å². The number of hydrogen-bond donors (Lipinski definition) is 3. The largest absolute Gasteiger partial charge is 0.508 e. The number of aromatic amines is 1. The molecule has 1 amide bonds. The maximum Gasteiger partial charge on any atom is 0.290 e. The highest BCUT2D eigenvalue weighted by atomic mass is 16.3. The van der Waals surface area contributed by atoms with Crippen LogP contribution in [0.25, 0.3) is 0 Å². The standard InChI is InChI=1S/C17H17N5O2.CH2O2/c1-21-10-18-6-15(21)17(24)22-7-13(11-3-2-4-12(23)5-11)16-14(8-22)19-9-20-16;2-1-3/h2-6,9-10,13,23H,7-8H2,1H3,(H,19,20);1H,(H,2,3). The Morgan fingerprint density at radius 2 is 2.19 bits per heavy atom. The quantitative estimate of drug-likeness (QED) is 0.586. The van der Waals surface area contributed by atoms with Gasteiger partial charge in [-0.05, 0) is 17.7 Å². The summed E-state index contributed by atoms with van der Waals surface area (Å²) in [6, 6.07) is 7.11. The molecule has 1 atom stereocenters. The van der Waals surface area contributed by atoms with Crippen molar-refractivity contribution in [3.8, 4) is 5.75 Å². The van der Waals surface area contributed by atoms with Gasteiger partial charge in [-0.15, -0.1) is 0 Å². The number of aromatic hydroxyl groups is 1. The lowest BCUT2D eigenvalue weighted by molar-refractivity contribution is -0.122. The van der Waals surface area contributed by atoms with Gasteiger partial charge in [-0.3, -0.25) is 9.59 Å². The van der Waals surface area contributed by atoms with E-state index in [0.717, 1.165) is 17.0 Å². The molecule has 0 fully saturated rings. The van der Waals surface area contributed by atoms with E-state index in [-0.39, 0.29) is 24.0 Å². The van der Waals surface area contributed by atoms with Crippen molar-refractivity contribution in [1.82, 2.24) is 24.4 Å². The zero-order valence-corrected chi connectivity index (χ0v) is 14.6. The third-order valence-electron chi connectivity index (χ3n) is 4.43. The summed E-state index contributed by atoms with van der Waals surface area (Å²) in [5, 5.41) is 16.7. The summed E-state index contributed by atoms with van der Waals surface area (Å²) < 4.78 is 1.72. The molecule has 0 radical (unpaired) electrons. The van der Waals surface area contributed by atoms with Crippen LogP contribution >= 0.6 is 0 Å². The molecule has 140 valence electrons. The minimum absolute atomic E-state index is 0.0691. The highest BCUT2D eigenvalue weighted by Crippen LogP contribution is 2.33. The first-order valence-electron chi connectivity index (χ1n) is 8.19. The van der Waals surface area contributed by atoms with Crippen LogP contribution in [0.5, 0.6) is 5.75 Å². The molecule has 0 saturated carbocycles. The lowest BCUT2D eigenvalue weighted by atomic mass is 9.90. The average molecular weight is 369 g/mol. The van der Waals surface area contributed by atoms with Crippen molar-refractivity contribution in [2.45, 2.75) is 12.5 Å². The molecule has 0 bridgehead atoms. The zero-order chi connectivity index (χ0) is 19.4. The Labute approximate surface area is 154 Å². The molecule has 0 aliphatic carbocycles. The van der Waals surface area contributed by atoms with Crippen molar-refractivity contribution in [3.63, 3.8) is 0 Å². The number of rotatable bonds is 2. The summed E-state index contributed by atoms with van der Waals surface area (Å²) in [7, 11) is 1.80. The molecular formula is C18H19N5O4. The van der Waals surface area contributed by atoms with Gasteiger partial charge in [-0.2, -0.15) is 0 Å². The van der Waals surface area contributed by atoms with E-state index in [9.17, 15) is 9.90 Å². The summed E-state index contributed by atoms with van der Waals surface area (Å²) in [4.78, 5) is 34.6. The van der Waals surface area contributed by atoms with E-state index in [1.165, 1.54) is 0 Å². The van der Waals surface area contributed by atoms with Gasteiger partial charge in [-0.1, -0.05) is 12.1 Å². The number of fused-ring (bicyclic) bond motifs is 1. The maximum absolute atomic E-state index is 12.8. The molecule has 4 rings (SSSR count). The number of carboxylic acid groups (broad SMARTS) is 1. The number of carbonyl (C=O) groups excluding carboxylic acids is 1. The number of nitrogens with zero attached hydrogens (tertiary/aromatic N) is 4. The second-order valence-corrected chi connectivity index (χ2v) is 6.09. The van der Waals surface area contributed by atoms with Gasteiger partial charge in [-0.25, -0.2) is 9.97 Å². The number of phenolic OH excluding ortho intramolecular Hbond substituents is 1. The number of benzene rings is 1. The van der Waals surface area contributed by atoms with Crippen molar-refractivity contribution in [1.29, 1.82) is 0 Å². The first-order valence-corrected chi connectivity index (χ1v) is 8.19. The number of nitrogens with one attached hydrogen (secondary N) is 1. The fourth-order valence-electron chi connectivity index (χ4n) is 3.21. The van der Waals surface area contributed by atoms with Gasteiger partial charge >= 0.3 is 0 Å². The predicted octanol–water partition coefficient (Wildman–Crippen LogP) is 1.34. The average Bonchev–Trinajstić information content (AvgIpc) is 3.29. The van der Waals surface area contributed by atoms with E-state index in [1.807, 2.05) is 6.07 Å². The number of imidazole rings is 2. The van der Waals surface area contributed by atoms with Crippen LogP contribution in [-0.2, 0) is 18.4 Å². The summed E-state index contributed by atoms with van der Waals surface area (Å²) in [5.74, 6) is 0.0596. The molecule has 9 heteroatoms. The van der Waals surface area contributed by atoms with E-state index in [4.69, 9.17) is 9.90 Å². The van der Waals surface area contributed by atoms with Gasteiger partial charge in [0.1, 0.15) is 11.4 Å². The molecule has 1 aliphatic heterocycles. The zero-order valence-electron chi connectivity index (χ0n) is 14.6. The molecule has 0 saturated heterocycles. The summed E-state index contributed by atoms with van der Waals surface area (Å²) in [6.07, 6.45) is 4.85. The van der Waals surface area contributed by atoms with Crippen molar-refractivity contribution in [3.05, 3.63) is 65.8 Å². The molecule has 1 unspecified atom stereocenters. The number of amides is 1.